The van der Waals surface area contributed by atoms with Crippen molar-refractivity contribution in [3.05, 3.63) is 53.7 Å². The zero-order valence-electron chi connectivity index (χ0n) is 11.5. The average molecular weight is 256 g/mol. The van der Waals surface area contributed by atoms with Gasteiger partial charge in [0.25, 0.3) is 0 Å². The Hall–Kier alpha value is -2.03. The molecule has 1 aromatic heterocycles. The van der Waals surface area contributed by atoms with Crippen LogP contribution in [0.3, 0.4) is 0 Å². The van der Waals surface area contributed by atoms with Gasteiger partial charge in [0.2, 0.25) is 0 Å². The van der Waals surface area contributed by atoms with Crippen molar-refractivity contribution in [1.82, 2.24) is 4.98 Å². The molecule has 2 rings (SSSR count). The lowest BCUT2D eigenvalue weighted by molar-refractivity contribution is 0.301. The number of aryl methyl sites for hydroxylation is 1. The highest BCUT2D eigenvalue weighted by Gasteiger charge is 1.99. The molecule has 1 aromatic carbocycles. The molecule has 100 valence electrons. The van der Waals surface area contributed by atoms with Crippen molar-refractivity contribution in [2.75, 3.05) is 12.4 Å². The van der Waals surface area contributed by atoms with E-state index in [0.717, 1.165) is 23.7 Å². The molecule has 1 heterocycles. The smallest absolute Gasteiger partial charge is 0.130 e. The van der Waals surface area contributed by atoms with Gasteiger partial charge >= 0.3 is 0 Å². The zero-order valence-corrected chi connectivity index (χ0v) is 11.5. The SMILES string of the molecule is CCCc1ccc(OCc2cccc(NC)n2)cc1. The van der Waals surface area contributed by atoms with Gasteiger partial charge in [0.05, 0.1) is 5.69 Å². The minimum absolute atomic E-state index is 0.489. The second kappa shape index (κ2) is 6.78. The van der Waals surface area contributed by atoms with Crippen molar-refractivity contribution in [1.29, 1.82) is 0 Å². The zero-order chi connectivity index (χ0) is 13.5. The standard InChI is InChI=1S/C16H20N2O/c1-3-5-13-8-10-15(11-9-13)19-12-14-6-4-7-16(17-2)18-14/h4,6-11H,3,5,12H2,1-2H3,(H,17,18). The molecular weight excluding hydrogens is 236 g/mol. The topological polar surface area (TPSA) is 34.1 Å². The molecule has 0 aliphatic carbocycles. The molecule has 3 heteroatoms. The van der Waals surface area contributed by atoms with Crippen LogP contribution >= 0.6 is 0 Å². The van der Waals surface area contributed by atoms with Gasteiger partial charge in [-0.2, -0.15) is 0 Å². The van der Waals surface area contributed by atoms with Gasteiger partial charge < -0.3 is 10.1 Å². The fraction of sp³-hybridized carbons (Fsp3) is 0.312. The molecule has 2 aromatic rings. The first-order valence-electron chi connectivity index (χ1n) is 6.67. The van der Waals surface area contributed by atoms with Gasteiger partial charge in [-0.1, -0.05) is 31.5 Å². The molecule has 0 saturated heterocycles. The lowest BCUT2D eigenvalue weighted by Crippen LogP contribution is -2.00. The largest absolute Gasteiger partial charge is 0.487 e. The fourth-order valence-electron chi connectivity index (χ4n) is 1.90. The molecule has 0 aliphatic rings. The molecule has 19 heavy (non-hydrogen) atoms. The van der Waals surface area contributed by atoms with Crippen molar-refractivity contribution in [2.24, 2.45) is 0 Å². The molecule has 0 atom stereocenters. The summed E-state index contributed by atoms with van der Waals surface area (Å²) in [7, 11) is 1.86. The molecule has 0 spiro atoms. The van der Waals surface area contributed by atoms with Crippen LogP contribution in [0.1, 0.15) is 24.6 Å². The first kappa shape index (κ1) is 13.4. The van der Waals surface area contributed by atoms with Gasteiger partial charge in [-0.3, -0.25) is 0 Å². The van der Waals surface area contributed by atoms with Gasteiger partial charge in [-0.15, -0.1) is 0 Å². The predicted molar refractivity (Wildman–Crippen MR) is 78.6 cm³/mol. The number of rotatable bonds is 6. The van der Waals surface area contributed by atoms with E-state index in [9.17, 15) is 0 Å². The highest BCUT2D eigenvalue weighted by molar-refractivity contribution is 5.34. The number of hydrogen-bond donors (Lipinski definition) is 1. The van der Waals surface area contributed by atoms with E-state index in [1.54, 1.807) is 0 Å². The first-order chi connectivity index (χ1) is 9.31. The first-order valence-corrected chi connectivity index (χ1v) is 6.67. The van der Waals surface area contributed by atoms with Crippen LogP contribution in [-0.4, -0.2) is 12.0 Å². The van der Waals surface area contributed by atoms with Crippen LogP contribution in [0.5, 0.6) is 5.75 Å². The van der Waals surface area contributed by atoms with Crippen molar-refractivity contribution >= 4 is 5.82 Å². The Morgan fingerprint density at radius 3 is 2.58 bits per heavy atom. The summed E-state index contributed by atoms with van der Waals surface area (Å²) in [6.45, 7) is 2.67. The number of anilines is 1. The Morgan fingerprint density at radius 2 is 1.89 bits per heavy atom. The summed E-state index contributed by atoms with van der Waals surface area (Å²) in [4.78, 5) is 4.42. The van der Waals surface area contributed by atoms with E-state index in [1.165, 1.54) is 12.0 Å². The Morgan fingerprint density at radius 1 is 1.11 bits per heavy atom. The highest BCUT2D eigenvalue weighted by atomic mass is 16.5. The Kier molecular flexibility index (Phi) is 4.78. The summed E-state index contributed by atoms with van der Waals surface area (Å²) < 4.78 is 5.73. The van der Waals surface area contributed by atoms with Crippen LogP contribution in [0.15, 0.2) is 42.5 Å². The van der Waals surface area contributed by atoms with Gasteiger partial charge in [0, 0.05) is 7.05 Å². The van der Waals surface area contributed by atoms with E-state index >= 15 is 0 Å². The van der Waals surface area contributed by atoms with E-state index in [0.29, 0.717) is 6.61 Å². The molecule has 0 radical (unpaired) electrons. The lowest BCUT2D eigenvalue weighted by atomic mass is 10.1. The number of nitrogens with one attached hydrogen (secondary N) is 1. The maximum absolute atomic E-state index is 5.73. The Labute approximate surface area is 114 Å². The molecule has 0 fully saturated rings. The second-order valence-corrected chi connectivity index (χ2v) is 4.45. The molecule has 0 saturated carbocycles. The Bertz CT molecular complexity index is 508. The van der Waals surface area contributed by atoms with Crippen LogP contribution < -0.4 is 10.1 Å². The predicted octanol–water partition coefficient (Wildman–Crippen LogP) is 3.65. The molecule has 3 nitrogen and oxygen atoms in total. The van der Waals surface area contributed by atoms with Gasteiger partial charge in [0.15, 0.2) is 0 Å². The van der Waals surface area contributed by atoms with E-state index in [1.807, 2.05) is 37.4 Å². The van der Waals surface area contributed by atoms with Crippen LogP contribution in [0, 0.1) is 0 Å². The number of hydrogen-bond acceptors (Lipinski definition) is 3. The highest BCUT2D eigenvalue weighted by Crippen LogP contribution is 2.15. The second-order valence-electron chi connectivity index (χ2n) is 4.45. The third-order valence-electron chi connectivity index (χ3n) is 2.91. The van der Waals surface area contributed by atoms with E-state index in [4.69, 9.17) is 4.74 Å². The minimum atomic E-state index is 0.489. The fourth-order valence-corrected chi connectivity index (χ4v) is 1.90. The summed E-state index contributed by atoms with van der Waals surface area (Å²) >= 11 is 0. The van der Waals surface area contributed by atoms with E-state index in [2.05, 4.69) is 29.4 Å². The van der Waals surface area contributed by atoms with E-state index in [-0.39, 0.29) is 0 Å². The number of nitrogens with zero attached hydrogens (tertiary/aromatic N) is 1. The number of ether oxygens (including phenoxy) is 1. The summed E-state index contributed by atoms with van der Waals surface area (Å²) in [5.74, 6) is 1.75. The van der Waals surface area contributed by atoms with Crippen LogP contribution in [0.4, 0.5) is 5.82 Å². The van der Waals surface area contributed by atoms with Crippen LogP contribution in [0.25, 0.3) is 0 Å². The molecule has 0 amide bonds. The summed E-state index contributed by atoms with van der Waals surface area (Å²) in [6, 6.07) is 14.2. The van der Waals surface area contributed by atoms with Crippen molar-refractivity contribution in [3.8, 4) is 5.75 Å². The van der Waals surface area contributed by atoms with Crippen molar-refractivity contribution < 1.29 is 4.74 Å². The third-order valence-corrected chi connectivity index (χ3v) is 2.91. The quantitative estimate of drug-likeness (QED) is 0.856. The molecule has 0 aliphatic heterocycles. The van der Waals surface area contributed by atoms with Gasteiger partial charge in [-0.05, 0) is 36.2 Å². The van der Waals surface area contributed by atoms with Crippen molar-refractivity contribution in [2.45, 2.75) is 26.4 Å². The molecule has 0 unspecified atom stereocenters. The number of aromatic nitrogens is 1. The number of pyridine rings is 1. The summed E-state index contributed by atoms with van der Waals surface area (Å²) in [6.07, 6.45) is 2.28. The minimum Gasteiger partial charge on any atom is -0.487 e. The maximum atomic E-state index is 5.73. The normalized spacial score (nSPS) is 10.2. The third kappa shape index (κ3) is 3.98. The summed E-state index contributed by atoms with van der Waals surface area (Å²) in [5, 5.41) is 3.02. The maximum Gasteiger partial charge on any atom is 0.130 e. The number of benzene rings is 1. The molecule has 1 N–H and O–H groups in total. The van der Waals surface area contributed by atoms with Gasteiger partial charge in [-0.25, -0.2) is 4.98 Å². The van der Waals surface area contributed by atoms with E-state index < -0.39 is 0 Å². The van der Waals surface area contributed by atoms with Crippen molar-refractivity contribution in [3.63, 3.8) is 0 Å². The van der Waals surface area contributed by atoms with Crippen LogP contribution in [0.2, 0.25) is 0 Å². The molecule has 0 bridgehead atoms. The lowest BCUT2D eigenvalue weighted by Gasteiger charge is -2.08. The summed E-state index contributed by atoms with van der Waals surface area (Å²) in [5.41, 5.74) is 2.27. The Balaban J connectivity index is 1.94. The average Bonchev–Trinajstić information content (AvgIpc) is 2.47. The molecular formula is C16H20N2O. The van der Waals surface area contributed by atoms with Gasteiger partial charge in [0.1, 0.15) is 18.2 Å². The van der Waals surface area contributed by atoms with Crippen LogP contribution in [-0.2, 0) is 13.0 Å². The monoisotopic (exact) mass is 256 g/mol.